The highest BCUT2D eigenvalue weighted by Gasteiger charge is 2.24. The van der Waals surface area contributed by atoms with E-state index >= 15 is 0 Å². The maximum Gasteiger partial charge on any atom is 0.351 e. The van der Waals surface area contributed by atoms with Crippen molar-refractivity contribution in [2.24, 2.45) is 0 Å². The van der Waals surface area contributed by atoms with Gasteiger partial charge in [-0.1, -0.05) is 12.1 Å². The van der Waals surface area contributed by atoms with E-state index in [1.54, 1.807) is 41.3 Å². The second-order valence-electron chi connectivity index (χ2n) is 8.91. The van der Waals surface area contributed by atoms with Crippen molar-refractivity contribution < 1.29 is 13.6 Å². The largest absolute Gasteiger partial charge is 0.368 e. The zero-order valence-corrected chi connectivity index (χ0v) is 19.7. The molecule has 1 amide bonds. The Morgan fingerprint density at radius 1 is 0.838 bits per heavy atom. The van der Waals surface area contributed by atoms with E-state index < -0.39 is 5.69 Å². The van der Waals surface area contributed by atoms with Crippen molar-refractivity contribution in [3.05, 3.63) is 94.9 Å². The monoisotopic (exact) mass is 500 g/mol. The van der Waals surface area contributed by atoms with E-state index in [4.69, 9.17) is 0 Å². The number of fused-ring (bicyclic) bond motifs is 3. The van der Waals surface area contributed by atoms with Gasteiger partial charge >= 0.3 is 5.69 Å². The zero-order valence-electron chi connectivity index (χ0n) is 19.7. The molecule has 0 spiro atoms. The van der Waals surface area contributed by atoms with Gasteiger partial charge in [0.2, 0.25) is 5.91 Å². The molecule has 1 aliphatic heterocycles. The van der Waals surface area contributed by atoms with E-state index in [9.17, 15) is 18.4 Å². The normalized spacial score (nSPS) is 14.0. The molecule has 0 aliphatic carbocycles. The van der Waals surface area contributed by atoms with Crippen LogP contribution in [0.25, 0.3) is 27.9 Å². The number of hydrogen-bond donors (Lipinski definition) is 0. The minimum Gasteiger partial charge on any atom is -0.368 e. The highest BCUT2D eigenvalue weighted by atomic mass is 19.1. The van der Waals surface area contributed by atoms with Crippen LogP contribution in [-0.4, -0.2) is 56.2 Å². The molecule has 37 heavy (non-hydrogen) atoms. The average molecular weight is 501 g/mol. The quantitative estimate of drug-likeness (QED) is 0.379. The number of anilines is 1. The predicted molar refractivity (Wildman–Crippen MR) is 135 cm³/mol. The summed E-state index contributed by atoms with van der Waals surface area (Å²) in [5.41, 5.74) is 1.96. The number of aromatic nitrogens is 4. The Morgan fingerprint density at radius 3 is 2.19 bits per heavy atom. The van der Waals surface area contributed by atoms with Gasteiger partial charge in [-0.05, 0) is 60.7 Å². The molecule has 10 heteroatoms. The number of piperazine rings is 1. The summed E-state index contributed by atoms with van der Waals surface area (Å²) in [6.07, 6.45) is 0. The Kier molecular flexibility index (Phi) is 5.63. The van der Waals surface area contributed by atoms with Crippen LogP contribution >= 0.6 is 0 Å². The Hall–Kier alpha value is -4.60. The van der Waals surface area contributed by atoms with Gasteiger partial charge in [-0.25, -0.2) is 18.6 Å². The lowest BCUT2D eigenvalue weighted by atomic mass is 10.2. The van der Waals surface area contributed by atoms with Crippen molar-refractivity contribution in [3.8, 4) is 11.4 Å². The first-order valence-corrected chi connectivity index (χ1v) is 11.9. The molecule has 1 saturated heterocycles. The summed E-state index contributed by atoms with van der Waals surface area (Å²) in [4.78, 5) is 35.1. The van der Waals surface area contributed by atoms with Gasteiger partial charge < -0.3 is 9.80 Å². The van der Waals surface area contributed by atoms with Crippen molar-refractivity contribution >= 4 is 28.1 Å². The minimum atomic E-state index is -0.479. The van der Waals surface area contributed by atoms with Crippen LogP contribution in [0.1, 0.15) is 0 Å². The second-order valence-corrected chi connectivity index (χ2v) is 8.91. The van der Waals surface area contributed by atoms with Crippen LogP contribution < -0.4 is 10.6 Å². The molecule has 0 N–H and O–H groups in total. The number of carbonyl (C=O) groups is 1. The molecule has 3 heterocycles. The van der Waals surface area contributed by atoms with Gasteiger partial charge in [-0.3, -0.25) is 9.36 Å². The van der Waals surface area contributed by atoms with E-state index in [1.165, 1.54) is 33.3 Å². The number of benzene rings is 3. The van der Waals surface area contributed by atoms with E-state index in [-0.39, 0.29) is 24.1 Å². The number of carbonyl (C=O) groups excluding carboxylic acids is 1. The van der Waals surface area contributed by atoms with Crippen LogP contribution in [0, 0.1) is 11.6 Å². The van der Waals surface area contributed by atoms with Gasteiger partial charge in [0.1, 0.15) is 18.2 Å². The maximum absolute atomic E-state index is 13.5. The first-order chi connectivity index (χ1) is 18.0. The van der Waals surface area contributed by atoms with Gasteiger partial charge in [-0.2, -0.15) is 4.52 Å². The molecule has 186 valence electrons. The first-order valence-electron chi connectivity index (χ1n) is 11.9. The van der Waals surface area contributed by atoms with Crippen molar-refractivity contribution in [2.75, 3.05) is 31.1 Å². The van der Waals surface area contributed by atoms with Crippen LogP contribution in [0.3, 0.4) is 0 Å². The molecule has 0 radical (unpaired) electrons. The van der Waals surface area contributed by atoms with Crippen molar-refractivity contribution in [2.45, 2.75) is 6.54 Å². The van der Waals surface area contributed by atoms with Crippen LogP contribution in [0.5, 0.6) is 0 Å². The molecule has 2 aromatic heterocycles. The minimum absolute atomic E-state index is 0.141. The molecular weight excluding hydrogens is 478 g/mol. The molecule has 1 fully saturated rings. The summed E-state index contributed by atoms with van der Waals surface area (Å²) >= 11 is 0. The molecule has 0 unspecified atom stereocenters. The molecule has 1 aliphatic rings. The van der Waals surface area contributed by atoms with Gasteiger partial charge in [0.05, 0.1) is 5.52 Å². The molecule has 6 rings (SSSR count). The summed E-state index contributed by atoms with van der Waals surface area (Å²) in [7, 11) is 0. The van der Waals surface area contributed by atoms with E-state index in [0.717, 1.165) is 5.69 Å². The number of amides is 1. The third kappa shape index (κ3) is 4.20. The van der Waals surface area contributed by atoms with Gasteiger partial charge in [0, 0.05) is 42.8 Å². The Morgan fingerprint density at radius 2 is 1.49 bits per heavy atom. The Labute approximate surface area is 210 Å². The average Bonchev–Trinajstić information content (AvgIpc) is 3.38. The fraction of sp³-hybridized carbons (Fsp3) is 0.185. The lowest BCUT2D eigenvalue weighted by Crippen LogP contribution is -2.50. The molecule has 3 aromatic carbocycles. The summed E-state index contributed by atoms with van der Waals surface area (Å²) in [5, 5.41) is 5.06. The zero-order chi connectivity index (χ0) is 25.5. The fourth-order valence-electron chi connectivity index (χ4n) is 4.71. The second kappa shape index (κ2) is 9.12. The number of rotatable bonds is 4. The van der Waals surface area contributed by atoms with Crippen LogP contribution in [-0.2, 0) is 11.3 Å². The topological polar surface area (TPSA) is 75.7 Å². The molecule has 0 bridgehead atoms. The maximum atomic E-state index is 13.5. The van der Waals surface area contributed by atoms with Crippen molar-refractivity contribution in [1.29, 1.82) is 0 Å². The third-order valence-electron chi connectivity index (χ3n) is 6.67. The highest BCUT2D eigenvalue weighted by Crippen LogP contribution is 2.22. The van der Waals surface area contributed by atoms with Crippen LogP contribution in [0.2, 0.25) is 0 Å². The molecular formula is C27H22F2N6O2. The highest BCUT2D eigenvalue weighted by molar-refractivity contribution is 5.92. The number of nitrogens with zero attached hydrogens (tertiary/aromatic N) is 6. The van der Waals surface area contributed by atoms with Crippen LogP contribution in [0.4, 0.5) is 14.5 Å². The Balaban J connectivity index is 1.29. The van der Waals surface area contributed by atoms with E-state index in [0.29, 0.717) is 54.1 Å². The fourth-order valence-corrected chi connectivity index (χ4v) is 4.71. The van der Waals surface area contributed by atoms with Gasteiger partial charge in [0.25, 0.3) is 0 Å². The first kappa shape index (κ1) is 22.8. The SMILES string of the molecule is O=C(Cn1c(=O)n2nc(-c3ccc(F)cc3)nc2c2ccccc21)N1CCN(c2ccc(F)cc2)CC1. The van der Waals surface area contributed by atoms with E-state index in [2.05, 4.69) is 15.0 Å². The summed E-state index contributed by atoms with van der Waals surface area (Å²) in [6.45, 7) is 2.05. The van der Waals surface area contributed by atoms with Crippen molar-refractivity contribution in [3.63, 3.8) is 0 Å². The molecule has 8 nitrogen and oxygen atoms in total. The third-order valence-corrected chi connectivity index (χ3v) is 6.67. The number of hydrogen-bond acceptors (Lipinski definition) is 5. The van der Waals surface area contributed by atoms with E-state index in [1.807, 2.05) is 12.1 Å². The summed E-state index contributed by atoms with van der Waals surface area (Å²) in [6, 6.07) is 19.3. The molecule has 5 aromatic rings. The summed E-state index contributed by atoms with van der Waals surface area (Å²) < 4.78 is 29.2. The molecule has 0 atom stereocenters. The van der Waals surface area contributed by atoms with Crippen molar-refractivity contribution in [1.82, 2.24) is 24.1 Å². The van der Waals surface area contributed by atoms with Gasteiger partial charge in [-0.15, -0.1) is 5.10 Å². The molecule has 0 saturated carbocycles. The lowest BCUT2D eigenvalue weighted by Gasteiger charge is -2.36. The lowest BCUT2D eigenvalue weighted by molar-refractivity contribution is -0.132. The standard InChI is InChI=1S/C27H22F2N6O2/c28-19-7-5-18(6-8-19)25-30-26-22-3-1-2-4-23(22)34(27(37)35(26)31-25)17-24(36)33-15-13-32(14-16-33)21-11-9-20(29)10-12-21/h1-12H,13-17H2. The number of halogens is 2. The predicted octanol–water partition coefficient (Wildman–Crippen LogP) is 3.34. The van der Waals surface area contributed by atoms with Gasteiger partial charge in [0.15, 0.2) is 11.5 Å². The Bertz CT molecular complexity index is 1670. The number of para-hydroxylation sites is 1. The summed E-state index contributed by atoms with van der Waals surface area (Å²) in [5.74, 6) is -0.547. The van der Waals surface area contributed by atoms with Crippen LogP contribution in [0.15, 0.2) is 77.6 Å². The smallest absolute Gasteiger partial charge is 0.351 e.